The molecule has 0 unspecified atom stereocenters. The summed E-state index contributed by atoms with van der Waals surface area (Å²) in [7, 11) is 1.64. The predicted molar refractivity (Wildman–Crippen MR) is 122 cm³/mol. The quantitative estimate of drug-likeness (QED) is 0.199. The summed E-state index contributed by atoms with van der Waals surface area (Å²) in [4.78, 5) is 38.0. The van der Waals surface area contributed by atoms with Gasteiger partial charge in [0.25, 0.3) is 5.69 Å². The van der Waals surface area contributed by atoms with E-state index in [0.717, 1.165) is 6.42 Å². The summed E-state index contributed by atoms with van der Waals surface area (Å²) in [5.41, 5.74) is 1.82. The van der Waals surface area contributed by atoms with Crippen molar-refractivity contribution in [1.82, 2.24) is 20.0 Å². The molecule has 3 aromatic rings. The number of aliphatic carboxylic acids is 1. The summed E-state index contributed by atoms with van der Waals surface area (Å²) in [6.45, 7) is 1.87. The van der Waals surface area contributed by atoms with Gasteiger partial charge in [-0.15, -0.1) is 5.10 Å². The molecule has 0 saturated heterocycles. The fourth-order valence-corrected chi connectivity index (χ4v) is 3.75. The highest BCUT2D eigenvalue weighted by atomic mass is 16.7. The van der Waals surface area contributed by atoms with Crippen LogP contribution in [0, 0.1) is 28.9 Å². The number of nitrogens with zero attached hydrogens (tertiary/aromatic N) is 5. The van der Waals surface area contributed by atoms with E-state index in [2.05, 4.69) is 15.3 Å². The predicted octanol–water partition coefficient (Wildman–Crippen LogP) is 3.30. The number of nitro benzene ring substituents is 1. The van der Waals surface area contributed by atoms with Gasteiger partial charge in [-0.05, 0) is 44.0 Å². The second-order valence-electron chi connectivity index (χ2n) is 8.27. The number of rotatable bonds is 9. The molecular formula is C23H23N5O8. The lowest BCUT2D eigenvalue weighted by Crippen LogP contribution is -2.36. The zero-order chi connectivity index (χ0) is 25.8. The number of ether oxygens (including phenoxy) is 3. The first kappa shape index (κ1) is 24.6. The fourth-order valence-electron chi connectivity index (χ4n) is 3.75. The zero-order valence-electron chi connectivity index (χ0n) is 19.5. The smallest absolute Gasteiger partial charge is 0.491 e. The molecule has 13 nitrogen and oxygen atoms in total. The van der Waals surface area contributed by atoms with Crippen molar-refractivity contribution < 1.29 is 33.8 Å². The number of carboxylic acids is 1. The largest absolute Gasteiger partial charge is 0.514 e. The van der Waals surface area contributed by atoms with Crippen molar-refractivity contribution in [2.24, 2.45) is 18.9 Å². The van der Waals surface area contributed by atoms with Crippen LogP contribution in [0.4, 0.5) is 10.5 Å². The monoisotopic (exact) mass is 497 g/mol. The minimum absolute atomic E-state index is 0.0175. The van der Waals surface area contributed by atoms with E-state index < -0.39 is 17.0 Å². The topological polar surface area (TPSA) is 169 Å². The number of carbonyl (C=O) groups is 2. The third-order valence-corrected chi connectivity index (χ3v) is 5.99. The van der Waals surface area contributed by atoms with Crippen molar-refractivity contribution in [2.75, 3.05) is 6.61 Å². The molecular weight excluding hydrogens is 474 g/mol. The molecule has 36 heavy (non-hydrogen) atoms. The van der Waals surface area contributed by atoms with Gasteiger partial charge in [-0.3, -0.25) is 14.9 Å². The number of hydrogen-bond donors (Lipinski definition) is 1. The van der Waals surface area contributed by atoms with Crippen molar-refractivity contribution in [2.45, 2.75) is 26.4 Å². The van der Waals surface area contributed by atoms with Crippen LogP contribution in [0.1, 0.15) is 24.2 Å². The maximum Gasteiger partial charge on any atom is 0.514 e. The van der Waals surface area contributed by atoms with E-state index in [-0.39, 0.29) is 29.9 Å². The third kappa shape index (κ3) is 5.40. The molecule has 1 aromatic carbocycles. The Kier molecular flexibility index (Phi) is 7.08. The number of pyridine rings is 1. The lowest BCUT2D eigenvalue weighted by Gasteiger charge is -2.33. The van der Waals surface area contributed by atoms with Gasteiger partial charge < -0.3 is 19.3 Å². The summed E-state index contributed by atoms with van der Waals surface area (Å²) >= 11 is 0. The normalized spacial score (nSPS) is 16.6. The van der Waals surface area contributed by atoms with Gasteiger partial charge in [0.15, 0.2) is 0 Å². The number of nitro groups is 1. The summed E-state index contributed by atoms with van der Waals surface area (Å²) in [6.07, 6.45) is 0.481. The van der Waals surface area contributed by atoms with Gasteiger partial charge >= 0.3 is 12.1 Å². The molecule has 188 valence electrons. The van der Waals surface area contributed by atoms with Crippen molar-refractivity contribution in [1.29, 1.82) is 0 Å². The van der Waals surface area contributed by atoms with Gasteiger partial charge in [-0.2, -0.15) is 0 Å². The van der Waals surface area contributed by atoms with Crippen LogP contribution >= 0.6 is 0 Å². The lowest BCUT2D eigenvalue weighted by molar-refractivity contribution is -0.384. The maximum absolute atomic E-state index is 12.1. The van der Waals surface area contributed by atoms with E-state index in [1.54, 1.807) is 26.1 Å². The highest BCUT2D eigenvalue weighted by molar-refractivity contribution is 5.71. The van der Waals surface area contributed by atoms with Crippen LogP contribution in [0.15, 0.2) is 36.4 Å². The van der Waals surface area contributed by atoms with Crippen molar-refractivity contribution in [3.05, 3.63) is 57.9 Å². The van der Waals surface area contributed by atoms with E-state index in [0.29, 0.717) is 41.6 Å². The van der Waals surface area contributed by atoms with Crippen LogP contribution in [-0.2, 0) is 23.2 Å². The number of carboxylic acid groups (broad SMARTS) is 1. The molecule has 1 saturated carbocycles. The van der Waals surface area contributed by atoms with E-state index in [1.165, 1.54) is 28.9 Å². The molecule has 2 heterocycles. The second-order valence-corrected chi connectivity index (χ2v) is 8.27. The highest BCUT2D eigenvalue weighted by Crippen LogP contribution is 2.35. The van der Waals surface area contributed by atoms with E-state index in [4.69, 9.17) is 14.2 Å². The molecule has 1 fully saturated rings. The second kappa shape index (κ2) is 10.4. The van der Waals surface area contributed by atoms with Gasteiger partial charge in [0.2, 0.25) is 0 Å². The summed E-state index contributed by atoms with van der Waals surface area (Å²) in [6, 6.07) is 8.43. The molecule has 2 aromatic heterocycles. The average Bonchev–Trinajstić information content (AvgIpc) is 3.18. The van der Waals surface area contributed by atoms with Crippen LogP contribution < -0.4 is 9.47 Å². The number of hydrogen-bond acceptors (Lipinski definition) is 10. The Balaban J connectivity index is 1.38. The fraction of sp³-hybridized carbons (Fsp3) is 0.348. The Labute approximate surface area is 204 Å². The molecule has 0 radical (unpaired) electrons. The molecule has 1 aliphatic rings. The highest BCUT2D eigenvalue weighted by Gasteiger charge is 2.37. The first-order chi connectivity index (χ1) is 17.2. The van der Waals surface area contributed by atoms with E-state index >= 15 is 0 Å². The van der Waals surface area contributed by atoms with Crippen LogP contribution in [0.3, 0.4) is 0 Å². The third-order valence-electron chi connectivity index (χ3n) is 5.99. The lowest BCUT2D eigenvalue weighted by atomic mass is 9.74. The number of carbonyl (C=O) groups excluding carboxylic acids is 1. The Hall–Kier alpha value is -4.55. The van der Waals surface area contributed by atoms with E-state index in [9.17, 15) is 24.8 Å². The van der Waals surface area contributed by atoms with Crippen molar-refractivity contribution in [3.8, 4) is 22.9 Å². The average molecular weight is 497 g/mol. The first-order valence-electron chi connectivity index (χ1n) is 11.0. The number of aromatic nitrogens is 4. The van der Waals surface area contributed by atoms with Crippen LogP contribution in [0.25, 0.3) is 11.4 Å². The Morgan fingerprint density at radius 1 is 1.19 bits per heavy atom. The maximum atomic E-state index is 12.1. The summed E-state index contributed by atoms with van der Waals surface area (Å²) < 4.78 is 17.5. The molecule has 0 amide bonds. The summed E-state index contributed by atoms with van der Waals surface area (Å²) in [5.74, 6) is -0.543. The number of aryl methyl sites for hydroxylation is 2. The molecule has 2 atom stereocenters. The van der Waals surface area contributed by atoms with Gasteiger partial charge in [0, 0.05) is 25.1 Å². The van der Waals surface area contributed by atoms with Crippen LogP contribution in [0.5, 0.6) is 11.5 Å². The molecule has 13 heteroatoms. The summed E-state index contributed by atoms with van der Waals surface area (Å²) in [5, 5.41) is 28.0. The van der Waals surface area contributed by atoms with Gasteiger partial charge in [0.05, 0.1) is 28.8 Å². The molecule has 1 aliphatic carbocycles. The van der Waals surface area contributed by atoms with Gasteiger partial charge in [0.1, 0.15) is 29.5 Å². The minimum Gasteiger partial charge on any atom is -0.491 e. The van der Waals surface area contributed by atoms with E-state index in [1.807, 2.05) is 0 Å². The van der Waals surface area contributed by atoms with Crippen LogP contribution in [-0.4, -0.2) is 48.7 Å². The van der Waals surface area contributed by atoms with Crippen LogP contribution in [0.2, 0.25) is 0 Å². The van der Waals surface area contributed by atoms with Gasteiger partial charge in [-0.25, -0.2) is 14.5 Å². The molecule has 0 aliphatic heterocycles. The Bertz CT molecular complexity index is 1290. The SMILES string of the molecule is Cc1nc(-c2nnn(C)c2COC(=O)Oc2ccc([N+](=O)[O-])cc2)ccc1OC[C@H]1CC[C@@H]1C(=O)O. The molecule has 1 N–H and O–H groups in total. The minimum atomic E-state index is -1.00. The molecule has 0 bridgehead atoms. The van der Waals surface area contributed by atoms with Gasteiger partial charge in [-0.1, -0.05) is 5.21 Å². The number of non-ortho nitro benzene ring substituents is 1. The Morgan fingerprint density at radius 3 is 2.56 bits per heavy atom. The number of benzene rings is 1. The molecule has 4 rings (SSSR count). The molecule has 0 spiro atoms. The van der Waals surface area contributed by atoms with Crippen molar-refractivity contribution >= 4 is 17.8 Å². The Morgan fingerprint density at radius 2 is 1.94 bits per heavy atom. The standard InChI is InChI=1S/C23H23N5O8/c1-13-20(34-11-14-3-8-17(14)22(29)30)10-9-18(24-13)21-19(27(2)26-25-21)12-35-23(31)36-16-6-4-15(5-7-16)28(32)33/h4-7,9-10,14,17H,3,8,11-12H2,1-2H3,(H,29,30)/t14-,17+/m1/s1. The zero-order valence-corrected chi connectivity index (χ0v) is 19.5. The van der Waals surface area contributed by atoms with Crippen molar-refractivity contribution in [3.63, 3.8) is 0 Å². The first-order valence-corrected chi connectivity index (χ1v) is 11.0.